The zero-order valence-corrected chi connectivity index (χ0v) is 19.5. The summed E-state index contributed by atoms with van der Waals surface area (Å²) in [5.74, 6) is 0.686. The van der Waals surface area contributed by atoms with Crippen molar-refractivity contribution in [3.05, 3.63) is 64.8 Å². The summed E-state index contributed by atoms with van der Waals surface area (Å²) in [6.45, 7) is 6.55. The van der Waals surface area contributed by atoms with E-state index in [1.165, 1.54) is 5.56 Å². The number of amides is 1. The van der Waals surface area contributed by atoms with Crippen molar-refractivity contribution in [1.29, 1.82) is 0 Å². The van der Waals surface area contributed by atoms with Crippen LogP contribution < -0.4 is 14.8 Å². The summed E-state index contributed by atoms with van der Waals surface area (Å²) in [5, 5.41) is 7.63. The number of nitrogens with zero attached hydrogens (tertiary/aromatic N) is 2. The lowest BCUT2D eigenvalue weighted by Crippen LogP contribution is -2.28. The normalized spacial score (nSPS) is 15.0. The second kappa shape index (κ2) is 9.48. The van der Waals surface area contributed by atoms with Gasteiger partial charge in [0.25, 0.3) is 0 Å². The van der Waals surface area contributed by atoms with Crippen LogP contribution in [0.4, 0.5) is 5.82 Å². The van der Waals surface area contributed by atoms with E-state index < -0.39 is 5.92 Å². The number of fused-ring (bicyclic) bond motifs is 1. The molecule has 0 saturated heterocycles. The molecular weight excluding hydrogens is 418 g/mol. The molecular formula is C26H29N3O4. The maximum Gasteiger partial charge on any atom is 0.226 e. The number of Topliss-reactive ketones (excluding diaryl/α,β-unsaturated/α-hetero) is 1. The number of aryl methyl sites for hydroxylation is 2. The smallest absolute Gasteiger partial charge is 0.226 e. The van der Waals surface area contributed by atoms with Gasteiger partial charge in [0, 0.05) is 17.5 Å². The van der Waals surface area contributed by atoms with Gasteiger partial charge in [0.1, 0.15) is 5.82 Å². The van der Waals surface area contributed by atoms with Gasteiger partial charge in [0.2, 0.25) is 5.91 Å². The predicted molar refractivity (Wildman–Crippen MR) is 127 cm³/mol. The lowest BCUT2D eigenvalue weighted by Gasteiger charge is -2.23. The Hall–Kier alpha value is -3.61. The molecule has 0 unspecified atom stereocenters. The number of methoxy groups -OCH3 is 1. The van der Waals surface area contributed by atoms with Crippen molar-refractivity contribution in [3.63, 3.8) is 0 Å². The molecule has 3 aromatic rings. The third-order valence-corrected chi connectivity index (χ3v) is 5.89. The van der Waals surface area contributed by atoms with Gasteiger partial charge in [0.05, 0.1) is 31.0 Å². The quantitative estimate of drug-likeness (QED) is 0.499. The highest BCUT2D eigenvalue weighted by atomic mass is 16.5. The molecule has 1 N–H and O–H groups in total. The number of hydrogen-bond donors (Lipinski definition) is 1. The van der Waals surface area contributed by atoms with Gasteiger partial charge < -0.3 is 14.8 Å². The summed E-state index contributed by atoms with van der Waals surface area (Å²) in [6.07, 6.45) is 1.83. The van der Waals surface area contributed by atoms with Gasteiger partial charge in [-0.05, 0) is 55.7 Å². The van der Waals surface area contributed by atoms with E-state index in [2.05, 4.69) is 23.4 Å². The number of benzene rings is 2. The van der Waals surface area contributed by atoms with Crippen LogP contribution in [0.25, 0.3) is 5.69 Å². The van der Waals surface area contributed by atoms with Gasteiger partial charge in [0.15, 0.2) is 17.3 Å². The van der Waals surface area contributed by atoms with Crippen molar-refractivity contribution in [2.24, 2.45) is 0 Å². The van der Waals surface area contributed by atoms with Gasteiger partial charge >= 0.3 is 0 Å². The number of aromatic nitrogens is 2. The number of nitrogens with one attached hydrogen (secondary N) is 1. The topological polar surface area (TPSA) is 82.5 Å². The first kappa shape index (κ1) is 22.6. The lowest BCUT2D eigenvalue weighted by atomic mass is 9.85. The van der Waals surface area contributed by atoms with Crippen LogP contribution >= 0.6 is 0 Å². The van der Waals surface area contributed by atoms with Crippen LogP contribution in [0.1, 0.15) is 59.8 Å². The minimum atomic E-state index is -0.621. The molecule has 0 saturated carbocycles. The van der Waals surface area contributed by atoms with Crippen molar-refractivity contribution in [3.8, 4) is 17.2 Å². The molecule has 1 aromatic heterocycles. The van der Waals surface area contributed by atoms with Gasteiger partial charge in [-0.25, -0.2) is 4.68 Å². The Kier molecular flexibility index (Phi) is 6.49. The average Bonchev–Trinajstić information content (AvgIpc) is 3.17. The molecule has 0 spiro atoms. The Balaban J connectivity index is 1.73. The Bertz CT molecular complexity index is 1200. The monoisotopic (exact) mass is 447 g/mol. The van der Waals surface area contributed by atoms with E-state index in [-0.39, 0.29) is 18.1 Å². The molecule has 33 heavy (non-hydrogen) atoms. The molecule has 4 rings (SSSR count). The van der Waals surface area contributed by atoms with Crippen molar-refractivity contribution in [1.82, 2.24) is 9.78 Å². The maximum atomic E-state index is 13.6. The fourth-order valence-corrected chi connectivity index (χ4v) is 4.22. The van der Waals surface area contributed by atoms with Gasteiger partial charge in [-0.1, -0.05) is 26.0 Å². The van der Waals surface area contributed by atoms with Crippen molar-refractivity contribution in [2.45, 2.75) is 46.0 Å². The Morgan fingerprint density at radius 1 is 1.18 bits per heavy atom. The molecule has 2 heterocycles. The number of carbonyl (C=O) groups excluding carboxylic acids is 2. The first-order valence-electron chi connectivity index (χ1n) is 11.3. The molecule has 172 valence electrons. The van der Waals surface area contributed by atoms with Crippen LogP contribution in [0.5, 0.6) is 11.5 Å². The third-order valence-electron chi connectivity index (χ3n) is 5.89. The zero-order chi connectivity index (χ0) is 23.5. The highest BCUT2D eigenvalue weighted by molar-refractivity contribution is 6.08. The van der Waals surface area contributed by atoms with Crippen LogP contribution in [-0.4, -0.2) is 35.2 Å². The van der Waals surface area contributed by atoms with E-state index in [4.69, 9.17) is 9.47 Å². The van der Waals surface area contributed by atoms with E-state index in [9.17, 15) is 9.59 Å². The first-order valence-corrected chi connectivity index (χ1v) is 11.3. The fraction of sp³-hybridized carbons (Fsp3) is 0.346. The molecule has 0 radical (unpaired) electrons. The van der Waals surface area contributed by atoms with Gasteiger partial charge in [-0.3, -0.25) is 9.59 Å². The van der Waals surface area contributed by atoms with Crippen molar-refractivity contribution < 1.29 is 19.1 Å². The van der Waals surface area contributed by atoms with Crippen LogP contribution in [0.3, 0.4) is 0 Å². The molecule has 7 heteroatoms. The summed E-state index contributed by atoms with van der Waals surface area (Å²) >= 11 is 0. The second-order valence-electron chi connectivity index (χ2n) is 8.17. The van der Waals surface area contributed by atoms with Crippen molar-refractivity contribution in [2.75, 3.05) is 19.0 Å². The zero-order valence-electron chi connectivity index (χ0n) is 19.5. The van der Waals surface area contributed by atoms with E-state index in [0.29, 0.717) is 29.5 Å². The maximum absolute atomic E-state index is 13.6. The lowest BCUT2D eigenvalue weighted by molar-refractivity contribution is -0.116. The van der Waals surface area contributed by atoms with E-state index in [1.54, 1.807) is 30.0 Å². The molecule has 0 aliphatic carbocycles. The fourth-order valence-electron chi connectivity index (χ4n) is 4.22. The summed E-state index contributed by atoms with van der Waals surface area (Å²) in [6, 6.07) is 13.2. The number of carbonyl (C=O) groups is 2. The Morgan fingerprint density at radius 3 is 2.73 bits per heavy atom. The standard InChI is InChI=1S/C26H29N3O4/c1-5-12-33-21-11-10-18(14-22(21)32-4)25(31)20-15-23(30)27-26-24(20)16(3)28-29(26)19-9-7-8-17(6-2)13-19/h7-11,13-14,20H,5-6,12,15H2,1-4H3,(H,27,30)/t20-/m0/s1. The van der Waals surface area contributed by atoms with Crippen molar-refractivity contribution >= 4 is 17.5 Å². The molecule has 1 aliphatic heterocycles. The minimum Gasteiger partial charge on any atom is -0.493 e. The second-order valence-corrected chi connectivity index (χ2v) is 8.17. The number of rotatable bonds is 8. The molecule has 1 aliphatic rings. The number of ether oxygens (including phenoxy) is 2. The predicted octanol–water partition coefficient (Wildman–Crippen LogP) is 4.85. The molecule has 1 atom stereocenters. The third kappa shape index (κ3) is 4.35. The van der Waals surface area contributed by atoms with Crippen LogP contribution in [-0.2, 0) is 11.2 Å². The molecule has 2 aromatic carbocycles. The van der Waals surface area contributed by atoms with E-state index in [1.807, 2.05) is 32.0 Å². The Morgan fingerprint density at radius 2 is 2.00 bits per heavy atom. The van der Waals surface area contributed by atoms with Crippen LogP contribution in [0, 0.1) is 6.92 Å². The number of ketones is 1. The van der Waals surface area contributed by atoms with Gasteiger partial charge in [-0.2, -0.15) is 5.10 Å². The van der Waals surface area contributed by atoms with E-state index in [0.717, 1.165) is 29.8 Å². The largest absolute Gasteiger partial charge is 0.493 e. The van der Waals surface area contributed by atoms with E-state index >= 15 is 0 Å². The molecule has 0 bridgehead atoms. The first-order chi connectivity index (χ1) is 16.0. The van der Waals surface area contributed by atoms with Crippen LogP contribution in [0.15, 0.2) is 42.5 Å². The molecule has 1 amide bonds. The minimum absolute atomic E-state index is 0.0732. The molecule has 0 fully saturated rings. The average molecular weight is 448 g/mol. The molecule has 7 nitrogen and oxygen atoms in total. The van der Waals surface area contributed by atoms with Crippen LogP contribution in [0.2, 0.25) is 0 Å². The number of anilines is 1. The SMILES string of the molecule is CCCOc1ccc(C(=O)[C@H]2CC(=O)Nc3c2c(C)nn3-c2cccc(CC)c2)cc1OC. The number of hydrogen-bond acceptors (Lipinski definition) is 5. The highest BCUT2D eigenvalue weighted by Crippen LogP contribution is 2.39. The summed E-state index contributed by atoms with van der Waals surface area (Å²) in [7, 11) is 1.55. The summed E-state index contributed by atoms with van der Waals surface area (Å²) in [4.78, 5) is 26.2. The summed E-state index contributed by atoms with van der Waals surface area (Å²) < 4.78 is 12.9. The summed E-state index contributed by atoms with van der Waals surface area (Å²) in [5.41, 5.74) is 3.97. The highest BCUT2D eigenvalue weighted by Gasteiger charge is 2.36. The van der Waals surface area contributed by atoms with Gasteiger partial charge in [-0.15, -0.1) is 0 Å². The Labute approximate surface area is 193 Å².